The summed E-state index contributed by atoms with van der Waals surface area (Å²) < 4.78 is 0. The van der Waals surface area contributed by atoms with Gasteiger partial charge >= 0.3 is 0 Å². The fraction of sp³-hybridized carbons (Fsp3) is 0.357. The smallest absolute Gasteiger partial charge is 0.0704 e. The van der Waals surface area contributed by atoms with E-state index in [1.54, 1.807) is 0 Å². The summed E-state index contributed by atoms with van der Waals surface area (Å²) in [6.07, 6.45) is 5.47. The van der Waals surface area contributed by atoms with Crippen LogP contribution in [0.3, 0.4) is 0 Å². The molecular formula is C14H17N. The van der Waals surface area contributed by atoms with Gasteiger partial charge in [0.15, 0.2) is 0 Å². The molecule has 0 bridgehead atoms. The summed E-state index contributed by atoms with van der Waals surface area (Å²) in [7, 11) is 0. The Morgan fingerprint density at radius 3 is 2.67 bits per heavy atom. The van der Waals surface area contributed by atoms with Gasteiger partial charge in [-0.3, -0.25) is 4.98 Å². The second-order valence-electron chi connectivity index (χ2n) is 3.88. The topological polar surface area (TPSA) is 12.9 Å². The molecule has 0 aliphatic heterocycles. The first-order valence-electron chi connectivity index (χ1n) is 5.72. The highest BCUT2D eigenvalue weighted by atomic mass is 14.7. The fourth-order valence-electron chi connectivity index (χ4n) is 2.14. The van der Waals surface area contributed by atoms with Crippen molar-refractivity contribution >= 4 is 10.9 Å². The lowest BCUT2D eigenvalue weighted by molar-refractivity contribution is 0.896. The van der Waals surface area contributed by atoms with E-state index in [1.165, 1.54) is 22.9 Å². The van der Waals surface area contributed by atoms with Crippen molar-refractivity contribution in [2.45, 2.75) is 33.1 Å². The molecule has 0 aliphatic carbocycles. The maximum Gasteiger partial charge on any atom is 0.0704 e. The molecular weight excluding hydrogens is 182 g/mol. The molecule has 0 amide bonds. The van der Waals surface area contributed by atoms with Crippen molar-refractivity contribution in [1.82, 2.24) is 4.98 Å². The maximum atomic E-state index is 4.51. The quantitative estimate of drug-likeness (QED) is 0.733. The third kappa shape index (κ3) is 1.87. The Labute approximate surface area is 91.2 Å². The van der Waals surface area contributed by atoms with Gasteiger partial charge in [0.25, 0.3) is 0 Å². The molecule has 1 aromatic heterocycles. The number of hydrogen-bond donors (Lipinski definition) is 0. The minimum atomic E-state index is 1.10. The number of benzene rings is 1. The molecule has 0 radical (unpaired) electrons. The van der Waals surface area contributed by atoms with E-state index in [4.69, 9.17) is 0 Å². The molecule has 1 nitrogen and oxygen atoms in total. The monoisotopic (exact) mass is 199 g/mol. The van der Waals surface area contributed by atoms with Crippen molar-refractivity contribution in [3.8, 4) is 0 Å². The standard InChI is InChI=1S/C14H17N/c1-3-7-11-10-15-14-9-6-5-8-13(14)12(11)4-2/h5-6,8-10H,3-4,7H2,1-2H3. The Morgan fingerprint density at radius 1 is 1.13 bits per heavy atom. The van der Waals surface area contributed by atoms with Crippen LogP contribution in [-0.4, -0.2) is 4.98 Å². The van der Waals surface area contributed by atoms with Gasteiger partial charge < -0.3 is 0 Å². The van der Waals surface area contributed by atoms with Crippen LogP contribution in [0.2, 0.25) is 0 Å². The lowest BCUT2D eigenvalue weighted by atomic mass is 9.99. The summed E-state index contributed by atoms with van der Waals surface area (Å²) in [6, 6.07) is 8.41. The third-order valence-electron chi connectivity index (χ3n) is 2.85. The Morgan fingerprint density at radius 2 is 1.93 bits per heavy atom. The average molecular weight is 199 g/mol. The van der Waals surface area contributed by atoms with Crippen LogP contribution in [0.1, 0.15) is 31.4 Å². The maximum absolute atomic E-state index is 4.51. The molecule has 1 heterocycles. The van der Waals surface area contributed by atoms with Crippen molar-refractivity contribution in [2.24, 2.45) is 0 Å². The highest BCUT2D eigenvalue weighted by molar-refractivity contribution is 5.82. The van der Waals surface area contributed by atoms with Gasteiger partial charge in [-0.15, -0.1) is 0 Å². The van der Waals surface area contributed by atoms with Gasteiger partial charge in [-0.2, -0.15) is 0 Å². The second kappa shape index (κ2) is 4.43. The van der Waals surface area contributed by atoms with E-state index in [9.17, 15) is 0 Å². The molecule has 78 valence electrons. The minimum absolute atomic E-state index is 1.10. The van der Waals surface area contributed by atoms with Crippen molar-refractivity contribution in [2.75, 3.05) is 0 Å². The van der Waals surface area contributed by atoms with E-state index in [-0.39, 0.29) is 0 Å². The first kappa shape index (κ1) is 10.2. The molecule has 0 spiro atoms. The van der Waals surface area contributed by atoms with Crippen LogP contribution in [0.4, 0.5) is 0 Å². The van der Waals surface area contributed by atoms with Crippen LogP contribution in [-0.2, 0) is 12.8 Å². The molecule has 0 saturated heterocycles. The fourth-order valence-corrected chi connectivity index (χ4v) is 2.14. The molecule has 1 heteroatoms. The van der Waals surface area contributed by atoms with E-state index in [0.29, 0.717) is 0 Å². The molecule has 0 fully saturated rings. The van der Waals surface area contributed by atoms with E-state index in [2.05, 4.69) is 37.0 Å². The zero-order chi connectivity index (χ0) is 10.7. The second-order valence-corrected chi connectivity index (χ2v) is 3.88. The summed E-state index contributed by atoms with van der Waals surface area (Å²) in [5.74, 6) is 0. The molecule has 0 saturated carbocycles. The van der Waals surface area contributed by atoms with E-state index >= 15 is 0 Å². The van der Waals surface area contributed by atoms with Gasteiger partial charge in [0, 0.05) is 11.6 Å². The number of pyridine rings is 1. The van der Waals surface area contributed by atoms with Crippen LogP contribution < -0.4 is 0 Å². The largest absolute Gasteiger partial charge is 0.256 e. The normalized spacial score (nSPS) is 10.8. The van der Waals surface area contributed by atoms with Gasteiger partial charge in [-0.1, -0.05) is 38.5 Å². The van der Waals surface area contributed by atoms with Crippen LogP contribution in [0.5, 0.6) is 0 Å². The average Bonchev–Trinajstić information content (AvgIpc) is 2.29. The summed E-state index contributed by atoms with van der Waals surface area (Å²) in [5, 5.41) is 1.32. The molecule has 0 N–H and O–H groups in total. The molecule has 0 unspecified atom stereocenters. The highest BCUT2D eigenvalue weighted by Crippen LogP contribution is 2.21. The zero-order valence-electron chi connectivity index (χ0n) is 9.46. The number of nitrogens with zero attached hydrogens (tertiary/aromatic N) is 1. The number of aryl methyl sites for hydroxylation is 2. The van der Waals surface area contributed by atoms with Gasteiger partial charge in [-0.05, 0) is 30.0 Å². The number of hydrogen-bond acceptors (Lipinski definition) is 1. The lowest BCUT2D eigenvalue weighted by Gasteiger charge is -2.09. The first-order valence-corrected chi connectivity index (χ1v) is 5.72. The van der Waals surface area contributed by atoms with Crippen molar-refractivity contribution < 1.29 is 0 Å². The summed E-state index contributed by atoms with van der Waals surface area (Å²) >= 11 is 0. The van der Waals surface area contributed by atoms with Gasteiger partial charge in [0.05, 0.1) is 5.52 Å². The number of para-hydroxylation sites is 1. The van der Waals surface area contributed by atoms with E-state index in [0.717, 1.165) is 18.4 Å². The summed E-state index contributed by atoms with van der Waals surface area (Å²) in [4.78, 5) is 4.51. The third-order valence-corrected chi connectivity index (χ3v) is 2.85. The van der Waals surface area contributed by atoms with Crippen molar-refractivity contribution in [3.05, 3.63) is 41.6 Å². The number of fused-ring (bicyclic) bond motifs is 1. The van der Waals surface area contributed by atoms with Crippen molar-refractivity contribution in [3.63, 3.8) is 0 Å². The van der Waals surface area contributed by atoms with Gasteiger partial charge in [0.2, 0.25) is 0 Å². The highest BCUT2D eigenvalue weighted by Gasteiger charge is 2.05. The molecule has 15 heavy (non-hydrogen) atoms. The van der Waals surface area contributed by atoms with Crippen LogP contribution in [0.25, 0.3) is 10.9 Å². The SMILES string of the molecule is CCCc1cnc2ccccc2c1CC. The predicted octanol–water partition coefficient (Wildman–Crippen LogP) is 3.75. The number of rotatable bonds is 3. The zero-order valence-corrected chi connectivity index (χ0v) is 9.46. The van der Waals surface area contributed by atoms with Gasteiger partial charge in [0.1, 0.15) is 0 Å². The van der Waals surface area contributed by atoms with E-state index in [1.807, 2.05) is 12.3 Å². The van der Waals surface area contributed by atoms with Crippen LogP contribution in [0.15, 0.2) is 30.5 Å². The van der Waals surface area contributed by atoms with Crippen molar-refractivity contribution in [1.29, 1.82) is 0 Å². The molecule has 0 aliphatic rings. The first-order chi connectivity index (χ1) is 7.36. The minimum Gasteiger partial charge on any atom is -0.256 e. The Hall–Kier alpha value is -1.37. The molecule has 0 atom stereocenters. The van der Waals surface area contributed by atoms with Crippen LogP contribution in [0, 0.1) is 0 Å². The number of aromatic nitrogens is 1. The Balaban J connectivity index is 2.64. The molecule has 2 aromatic rings. The molecule has 2 rings (SSSR count). The molecule has 1 aromatic carbocycles. The Kier molecular flexibility index (Phi) is 3.00. The summed E-state index contributed by atoms with van der Waals surface area (Å²) in [5.41, 5.74) is 4.01. The van der Waals surface area contributed by atoms with Gasteiger partial charge in [-0.25, -0.2) is 0 Å². The lowest BCUT2D eigenvalue weighted by Crippen LogP contribution is -1.96. The van der Waals surface area contributed by atoms with Crippen LogP contribution >= 0.6 is 0 Å². The van der Waals surface area contributed by atoms with E-state index < -0.39 is 0 Å². The predicted molar refractivity (Wildman–Crippen MR) is 65.1 cm³/mol. The summed E-state index contributed by atoms with van der Waals surface area (Å²) in [6.45, 7) is 4.44. The Bertz CT molecular complexity index is 460.